The van der Waals surface area contributed by atoms with Crippen LogP contribution in [0.5, 0.6) is 0 Å². The van der Waals surface area contributed by atoms with Crippen LogP contribution in [-0.4, -0.2) is 23.5 Å². The number of nitrogens with two attached hydrogens (primary N) is 1. The summed E-state index contributed by atoms with van der Waals surface area (Å²) < 4.78 is 0. The van der Waals surface area contributed by atoms with Gasteiger partial charge in [0.25, 0.3) is 0 Å². The number of aromatic nitrogens is 1. The van der Waals surface area contributed by atoms with E-state index in [1.807, 2.05) is 60.4 Å². The summed E-state index contributed by atoms with van der Waals surface area (Å²) in [5, 5.41) is 0. The Labute approximate surface area is 159 Å². The van der Waals surface area contributed by atoms with Gasteiger partial charge in [-0.3, -0.25) is 9.78 Å². The number of carbonyl (C=O) groups excluding carboxylic acids is 1. The van der Waals surface area contributed by atoms with Gasteiger partial charge in [0, 0.05) is 30.7 Å². The minimum absolute atomic E-state index is 0.0869. The molecule has 0 radical (unpaired) electrons. The first-order valence-corrected chi connectivity index (χ1v) is 9.28. The van der Waals surface area contributed by atoms with E-state index in [9.17, 15) is 4.79 Å². The van der Waals surface area contributed by atoms with Crippen LogP contribution in [0.3, 0.4) is 0 Å². The van der Waals surface area contributed by atoms with E-state index >= 15 is 0 Å². The highest BCUT2D eigenvalue weighted by atomic mass is 16.2. The number of rotatable bonds is 4. The minimum atomic E-state index is -0.176. The molecule has 0 spiro atoms. The van der Waals surface area contributed by atoms with Crippen molar-refractivity contribution in [1.29, 1.82) is 0 Å². The molecule has 4 nitrogen and oxygen atoms in total. The van der Waals surface area contributed by atoms with Gasteiger partial charge in [-0.05, 0) is 59.9 Å². The van der Waals surface area contributed by atoms with Crippen LogP contribution >= 0.6 is 0 Å². The zero-order chi connectivity index (χ0) is 18.8. The molecule has 4 rings (SSSR count). The van der Waals surface area contributed by atoms with Crippen molar-refractivity contribution < 1.29 is 4.79 Å². The highest BCUT2D eigenvalue weighted by Crippen LogP contribution is 2.37. The molecular formula is C23H23N3O. The predicted octanol–water partition coefficient (Wildman–Crippen LogP) is 3.77. The second-order valence-electron chi connectivity index (χ2n) is 7.17. The monoisotopic (exact) mass is 357 g/mol. The van der Waals surface area contributed by atoms with Crippen molar-refractivity contribution in [3.05, 3.63) is 84.2 Å². The molecule has 0 saturated carbocycles. The maximum Gasteiger partial charge on any atom is 0.234 e. The Morgan fingerprint density at radius 3 is 2.52 bits per heavy atom. The fourth-order valence-electron chi connectivity index (χ4n) is 3.77. The van der Waals surface area contributed by atoms with Crippen LogP contribution in [0.15, 0.2) is 73.1 Å². The van der Waals surface area contributed by atoms with Crippen LogP contribution < -0.4 is 10.6 Å². The van der Waals surface area contributed by atoms with Crippen molar-refractivity contribution in [3.63, 3.8) is 0 Å². The summed E-state index contributed by atoms with van der Waals surface area (Å²) in [6.45, 7) is 2.45. The molecule has 3 aromatic rings. The Bertz CT molecular complexity index is 938. The lowest BCUT2D eigenvalue weighted by Crippen LogP contribution is -2.45. The van der Waals surface area contributed by atoms with Gasteiger partial charge >= 0.3 is 0 Å². The van der Waals surface area contributed by atoms with E-state index in [1.54, 1.807) is 12.4 Å². The van der Waals surface area contributed by atoms with Crippen LogP contribution in [0.25, 0.3) is 11.1 Å². The minimum Gasteiger partial charge on any atom is -0.326 e. The number of anilines is 1. The zero-order valence-corrected chi connectivity index (χ0v) is 15.4. The average Bonchev–Trinajstić information content (AvgIpc) is 2.70. The lowest BCUT2D eigenvalue weighted by Gasteiger charge is -2.35. The molecule has 2 aromatic carbocycles. The molecule has 27 heavy (non-hydrogen) atoms. The van der Waals surface area contributed by atoms with E-state index < -0.39 is 0 Å². The smallest absolute Gasteiger partial charge is 0.234 e. The van der Waals surface area contributed by atoms with Gasteiger partial charge in [0.15, 0.2) is 0 Å². The molecule has 1 aliphatic rings. The topological polar surface area (TPSA) is 59.2 Å². The molecule has 2 heterocycles. The van der Waals surface area contributed by atoms with Gasteiger partial charge in [-0.2, -0.15) is 0 Å². The summed E-state index contributed by atoms with van der Waals surface area (Å²) in [7, 11) is 0. The van der Waals surface area contributed by atoms with E-state index in [1.165, 1.54) is 5.56 Å². The summed E-state index contributed by atoms with van der Waals surface area (Å²) in [4.78, 5) is 19.2. The van der Waals surface area contributed by atoms with Crippen molar-refractivity contribution in [1.82, 2.24) is 4.98 Å². The summed E-state index contributed by atoms with van der Waals surface area (Å²) in [5.74, 6) is -0.0483. The third-order valence-electron chi connectivity index (χ3n) is 5.04. The molecule has 1 amide bonds. The van der Waals surface area contributed by atoms with Crippen molar-refractivity contribution in [2.45, 2.75) is 25.3 Å². The summed E-state index contributed by atoms with van der Waals surface area (Å²) in [6.07, 6.45) is 4.30. The second kappa shape index (κ2) is 7.33. The molecule has 136 valence electrons. The first-order chi connectivity index (χ1) is 13.1. The van der Waals surface area contributed by atoms with Crippen LogP contribution in [0, 0.1) is 0 Å². The Morgan fingerprint density at radius 2 is 1.81 bits per heavy atom. The van der Waals surface area contributed by atoms with Crippen molar-refractivity contribution >= 4 is 11.6 Å². The lowest BCUT2D eigenvalue weighted by molar-refractivity contribution is -0.120. The molecule has 1 unspecified atom stereocenters. The number of nitrogens with zero attached hydrogens (tertiary/aromatic N) is 2. The first kappa shape index (κ1) is 17.4. The highest BCUT2D eigenvalue weighted by molar-refractivity contribution is 6.01. The molecule has 4 heteroatoms. The van der Waals surface area contributed by atoms with Crippen molar-refractivity contribution in [2.24, 2.45) is 5.73 Å². The average molecular weight is 357 g/mol. The third kappa shape index (κ3) is 3.49. The van der Waals surface area contributed by atoms with Gasteiger partial charge in [-0.15, -0.1) is 0 Å². The van der Waals surface area contributed by atoms with Gasteiger partial charge in [0.05, 0.1) is 5.92 Å². The van der Waals surface area contributed by atoms with Gasteiger partial charge in [0.1, 0.15) is 0 Å². The predicted molar refractivity (Wildman–Crippen MR) is 109 cm³/mol. The Morgan fingerprint density at radius 1 is 1.07 bits per heavy atom. The van der Waals surface area contributed by atoms with Crippen LogP contribution in [0.1, 0.15) is 24.0 Å². The quantitative estimate of drug-likeness (QED) is 0.773. The number of amides is 1. The molecular weight excluding hydrogens is 334 g/mol. The zero-order valence-electron chi connectivity index (χ0n) is 15.4. The maximum absolute atomic E-state index is 13.2. The molecule has 1 aromatic heterocycles. The molecule has 0 aliphatic carbocycles. The summed E-state index contributed by atoms with van der Waals surface area (Å²) in [6, 6.07) is 20.3. The SMILES string of the molecule is C[C@@H](N)CN1C(=O)C(c2ccccc2)Cc2cc(-c3ccncc3)ccc21. The normalized spacial score (nSPS) is 17.5. The number of fused-ring (bicyclic) bond motifs is 1. The van der Waals surface area contributed by atoms with E-state index in [-0.39, 0.29) is 17.9 Å². The summed E-state index contributed by atoms with van der Waals surface area (Å²) in [5.41, 5.74) is 11.5. The van der Waals surface area contributed by atoms with Crippen LogP contribution in [-0.2, 0) is 11.2 Å². The molecule has 0 fully saturated rings. The third-order valence-corrected chi connectivity index (χ3v) is 5.04. The van der Waals surface area contributed by atoms with E-state index in [2.05, 4.69) is 17.1 Å². The van der Waals surface area contributed by atoms with Crippen molar-refractivity contribution in [2.75, 3.05) is 11.4 Å². The molecule has 2 N–H and O–H groups in total. The Balaban J connectivity index is 1.78. The molecule has 1 aliphatic heterocycles. The highest BCUT2D eigenvalue weighted by Gasteiger charge is 2.34. The number of benzene rings is 2. The summed E-state index contributed by atoms with van der Waals surface area (Å²) >= 11 is 0. The molecule has 0 bridgehead atoms. The van der Waals surface area contributed by atoms with Gasteiger partial charge in [-0.1, -0.05) is 36.4 Å². The fraction of sp³-hybridized carbons (Fsp3) is 0.217. The van der Waals surface area contributed by atoms with E-state index in [0.29, 0.717) is 13.0 Å². The number of hydrogen-bond donors (Lipinski definition) is 1. The standard InChI is InChI=1S/C23H23N3O/c1-16(24)15-26-22-8-7-19(17-9-11-25-12-10-17)13-20(22)14-21(23(26)27)18-5-3-2-4-6-18/h2-13,16,21H,14-15,24H2,1H3/t16-,21?/m1/s1. The lowest BCUT2D eigenvalue weighted by atomic mass is 9.85. The second-order valence-corrected chi connectivity index (χ2v) is 7.17. The van der Waals surface area contributed by atoms with Crippen molar-refractivity contribution in [3.8, 4) is 11.1 Å². The number of carbonyl (C=O) groups is 1. The Kier molecular flexibility index (Phi) is 4.73. The fourth-order valence-corrected chi connectivity index (χ4v) is 3.77. The molecule has 2 atom stereocenters. The van der Waals surface area contributed by atoms with Crippen LogP contribution in [0.4, 0.5) is 5.69 Å². The Hall–Kier alpha value is -2.98. The van der Waals surface area contributed by atoms with E-state index in [4.69, 9.17) is 5.73 Å². The van der Waals surface area contributed by atoms with Gasteiger partial charge in [-0.25, -0.2) is 0 Å². The number of hydrogen-bond acceptors (Lipinski definition) is 3. The van der Waals surface area contributed by atoms with E-state index in [0.717, 1.165) is 22.4 Å². The maximum atomic E-state index is 13.2. The first-order valence-electron chi connectivity index (χ1n) is 9.28. The van der Waals surface area contributed by atoms with Crippen LogP contribution in [0.2, 0.25) is 0 Å². The number of pyridine rings is 1. The largest absolute Gasteiger partial charge is 0.326 e. The van der Waals surface area contributed by atoms with Gasteiger partial charge < -0.3 is 10.6 Å². The van der Waals surface area contributed by atoms with Gasteiger partial charge in [0.2, 0.25) is 5.91 Å². The molecule has 0 saturated heterocycles.